The quantitative estimate of drug-likeness (QED) is 0.152. The highest BCUT2D eigenvalue weighted by atomic mass is 19.1. The van der Waals surface area contributed by atoms with E-state index in [1.165, 1.54) is 81.5 Å². The van der Waals surface area contributed by atoms with E-state index >= 15 is 8.78 Å². The molecule has 63 heavy (non-hydrogen) atoms. The van der Waals surface area contributed by atoms with Gasteiger partial charge in [0.05, 0.1) is 0 Å². The molecule has 0 heterocycles. The number of aryl methyl sites for hydroxylation is 1. The summed E-state index contributed by atoms with van der Waals surface area (Å²) in [6, 6.07) is 61.9. The minimum atomic E-state index is -0.302. The summed E-state index contributed by atoms with van der Waals surface area (Å²) in [6.07, 6.45) is 6.01. The zero-order valence-corrected chi connectivity index (χ0v) is 35.3. The molecule has 0 saturated heterocycles. The Labute approximate surface area is 367 Å². The largest absolute Gasteiger partial charge is 0.207 e. The van der Waals surface area contributed by atoms with Crippen LogP contribution in [-0.2, 0) is 5.41 Å². The monoisotopic (exact) mass is 816 g/mol. The summed E-state index contributed by atoms with van der Waals surface area (Å²) in [4.78, 5) is 0. The number of rotatable bonds is 5. The van der Waals surface area contributed by atoms with E-state index in [1.807, 2.05) is 12.1 Å². The second-order valence-corrected chi connectivity index (χ2v) is 19.2. The van der Waals surface area contributed by atoms with Crippen LogP contribution in [0.4, 0.5) is 8.78 Å². The maximum absolute atomic E-state index is 16.0. The van der Waals surface area contributed by atoms with Crippen molar-refractivity contribution in [2.45, 2.75) is 44.4 Å². The SMILES string of the molecule is Cc1ccc(-c2c3ccccc3c(-c3ccc(-c4cccc(-c5ccc(-c6cc(F)cc7c6-c6ccc(F)cc6C76C7CC8CC(C7)CC6C8)cc5)c4)cc3)c3ccccc23)cc1. The first-order valence-electron chi connectivity index (χ1n) is 22.9. The Balaban J connectivity index is 0.848. The lowest BCUT2D eigenvalue weighted by molar-refractivity contribution is -0.0401. The van der Waals surface area contributed by atoms with Gasteiger partial charge >= 0.3 is 0 Å². The molecule has 0 atom stereocenters. The summed E-state index contributed by atoms with van der Waals surface area (Å²) < 4.78 is 31.3. The van der Waals surface area contributed by atoms with Crippen LogP contribution in [0.3, 0.4) is 0 Å². The van der Waals surface area contributed by atoms with Gasteiger partial charge < -0.3 is 0 Å². The highest BCUT2D eigenvalue weighted by Crippen LogP contribution is 2.70. The van der Waals surface area contributed by atoms with Crippen molar-refractivity contribution in [1.29, 1.82) is 0 Å². The van der Waals surface area contributed by atoms with Gasteiger partial charge in [-0.2, -0.15) is 0 Å². The number of hydrogen-bond acceptors (Lipinski definition) is 0. The lowest BCUT2D eigenvalue weighted by Gasteiger charge is -2.61. The van der Waals surface area contributed by atoms with Gasteiger partial charge in [0.2, 0.25) is 0 Å². The van der Waals surface area contributed by atoms with Crippen molar-refractivity contribution in [1.82, 2.24) is 0 Å². The van der Waals surface area contributed by atoms with Crippen molar-refractivity contribution >= 4 is 21.5 Å². The molecule has 4 fully saturated rings. The van der Waals surface area contributed by atoms with E-state index in [2.05, 4.69) is 153 Å². The van der Waals surface area contributed by atoms with Crippen LogP contribution in [0.1, 0.15) is 48.8 Å². The summed E-state index contributed by atoms with van der Waals surface area (Å²) in [5, 5.41) is 5.01. The van der Waals surface area contributed by atoms with Gasteiger partial charge in [-0.05, 0) is 192 Å². The van der Waals surface area contributed by atoms with Gasteiger partial charge in [0.15, 0.2) is 0 Å². The molecule has 5 aliphatic rings. The Morgan fingerprint density at radius 1 is 0.365 bits per heavy atom. The number of halogens is 2. The van der Waals surface area contributed by atoms with Crippen LogP contribution in [-0.4, -0.2) is 0 Å². The molecule has 4 bridgehead atoms. The van der Waals surface area contributed by atoms with Gasteiger partial charge in [-0.15, -0.1) is 0 Å². The second kappa shape index (κ2) is 13.9. The zero-order chi connectivity index (χ0) is 42.0. The molecule has 0 unspecified atom stereocenters. The van der Waals surface area contributed by atoms with Gasteiger partial charge in [-0.1, -0.05) is 151 Å². The summed E-state index contributed by atoms with van der Waals surface area (Å²) in [5.41, 5.74) is 16.8. The summed E-state index contributed by atoms with van der Waals surface area (Å²) in [6.45, 7) is 2.14. The molecule has 0 radical (unpaired) electrons. The van der Waals surface area contributed by atoms with Crippen LogP contribution >= 0.6 is 0 Å². The molecule has 14 rings (SSSR count). The van der Waals surface area contributed by atoms with Gasteiger partial charge in [-0.25, -0.2) is 8.78 Å². The standard InChI is InChI=1S/C61H46F2/c1-36-13-15-42(16-14-36)58-50-9-2-4-11-52(50)59(53-12-5-3-10-51(53)58)43-23-19-40(20-24-43)45-8-6-7-44(32-45)39-17-21-41(22-18-39)55-33-49(63)35-57-60(55)54-26-25-48(62)34-56(54)61(57)46-28-37-27-38(30-46)31-47(61)29-37/h2-26,32-35,37-38,46-47H,27-31H2,1H3. The van der Waals surface area contributed by atoms with E-state index in [4.69, 9.17) is 0 Å². The molecule has 304 valence electrons. The normalized spacial score (nSPS) is 21.6. The molecule has 0 amide bonds. The summed E-state index contributed by atoms with van der Waals surface area (Å²) in [7, 11) is 0. The third-order valence-electron chi connectivity index (χ3n) is 15.8. The second-order valence-electron chi connectivity index (χ2n) is 19.2. The van der Waals surface area contributed by atoms with Crippen LogP contribution in [0.5, 0.6) is 0 Å². The molecule has 4 saturated carbocycles. The lowest BCUT2D eigenvalue weighted by atomic mass is 9.43. The fourth-order valence-corrected chi connectivity index (χ4v) is 13.5. The third kappa shape index (κ3) is 5.56. The molecule has 0 aromatic heterocycles. The highest BCUT2D eigenvalue weighted by Gasteiger charge is 2.62. The fourth-order valence-electron chi connectivity index (χ4n) is 13.5. The topological polar surface area (TPSA) is 0 Å². The number of benzene rings is 9. The maximum Gasteiger partial charge on any atom is 0.124 e. The average molecular weight is 817 g/mol. The summed E-state index contributed by atoms with van der Waals surface area (Å²) in [5.74, 6) is 2.00. The van der Waals surface area contributed by atoms with Crippen molar-refractivity contribution in [2.24, 2.45) is 23.7 Å². The van der Waals surface area contributed by atoms with E-state index < -0.39 is 0 Å². The molecule has 9 aromatic rings. The predicted octanol–water partition coefficient (Wildman–Crippen LogP) is 16.6. The fraction of sp³-hybridized carbons (Fsp3) is 0.180. The van der Waals surface area contributed by atoms with Crippen LogP contribution in [0.25, 0.3) is 88.3 Å². The number of fused-ring (bicyclic) bond motifs is 5. The molecule has 5 aliphatic carbocycles. The Morgan fingerprint density at radius 2 is 0.841 bits per heavy atom. The lowest BCUT2D eigenvalue weighted by Crippen LogP contribution is -2.55. The van der Waals surface area contributed by atoms with E-state index in [9.17, 15) is 0 Å². The van der Waals surface area contributed by atoms with Crippen LogP contribution in [0.2, 0.25) is 0 Å². The Kier molecular flexibility index (Phi) is 8.17. The zero-order valence-electron chi connectivity index (χ0n) is 35.3. The molecule has 0 N–H and O–H groups in total. The predicted molar refractivity (Wildman–Crippen MR) is 257 cm³/mol. The van der Waals surface area contributed by atoms with E-state index in [-0.39, 0.29) is 17.0 Å². The van der Waals surface area contributed by atoms with Crippen molar-refractivity contribution in [3.05, 3.63) is 204 Å². The Morgan fingerprint density at radius 3 is 1.38 bits per heavy atom. The van der Waals surface area contributed by atoms with Crippen molar-refractivity contribution in [2.75, 3.05) is 0 Å². The summed E-state index contributed by atoms with van der Waals surface area (Å²) >= 11 is 0. The average Bonchev–Trinajstić information content (AvgIpc) is 3.59. The molecule has 0 nitrogen and oxygen atoms in total. The molecule has 2 heteroatoms. The highest BCUT2D eigenvalue weighted by molar-refractivity contribution is 6.21. The first-order valence-corrected chi connectivity index (χ1v) is 22.9. The molecular weight excluding hydrogens is 771 g/mol. The van der Waals surface area contributed by atoms with E-state index in [0.717, 1.165) is 67.5 Å². The van der Waals surface area contributed by atoms with Gasteiger partial charge in [0.25, 0.3) is 0 Å². The minimum Gasteiger partial charge on any atom is -0.207 e. The molecular formula is C61H46F2. The third-order valence-corrected chi connectivity index (χ3v) is 15.8. The van der Waals surface area contributed by atoms with Gasteiger partial charge in [0, 0.05) is 5.41 Å². The first-order chi connectivity index (χ1) is 30.9. The van der Waals surface area contributed by atoms with Crippen LogP contribution in [0.15, 0.2) is 176 Å². The van der Waals surface area contributed by atoms with Crippen molar-refractivity contribution < 1.29 is 8.78 Å². The van der Waals surface area contributed by atoms with E-state index in [0.29, 0.717) is 11.8 Å². The smallest absolute Gasteiger partial charge is 0.124 e. The van der Waals surface area contributed by atoms with Crippen molar-refractivity contribution in [3.63, 3.8) is 0 Å². The molecule has 0 aliphatic heterocycles. The molecule has 1 spiro atoms. The van der Waals surface area contributed by atoms with Crippen LogP contribution < -0.4 is 0 Å². The van der Waals surface area contributed by atoms with Gasteiger partial charge in [0.1, 0.15) is 11.6 Å². The Bertz CT molecular complexity index is 3210. The maximum atomic E-state index is 16.0. The van der Waals surface area contributed by atoms with Gasteiger partial charge in [-0.3, -0.25) is 0 Å². The van der Waals surface area contributed by atoms with E-state index in [1.54, 1.807) is 18.2 Å². The van der Waals surface area contributed by atoms with Crippen molar-refractivity contribution in [3.8, 4) is 66.8 Å². The number of hydrogen-bond donors (Lipinski definition) is 0. The van der Waals surface area contributed by atoms with Crippen LogP contribution in [0, 0.1) is 42.2 Å². The Hall–Kier alpha value is -6.64. The molecule has 9 aromatic carbocycles. The first kappa shape index (κ1) is 37.0. The minimum absolute atomic E-state index is 0.189.